The maximum atomic E-state index is 13.3. The van der Waals surface area contributed by atoms with Gasteiger partial charge in [0.1, 0.15) is 6.54 Å². The molecule has 0 unspecified atom stereocenters. The van der Waals surface area contributed by atoms with Crippen LogP contribution in [0.25, 0.3) is 0 Å². The topological polar surface area (TPSA) is 61.8 Å². The van der Waals surface area contributed by atoms with E-state index < -0.39 is 0 Å². The Morgan fingerprint density at radius 2 is 1.97 bits per heavy atom. The SMILES string of the molecule is Cc1cc2c(cc1C)N(CC(=O)N[C@@H]1CCc3ccccc31)C(=O)CC(c1cccs1)=N2. The zero-order valence-electron chi connectivity index (χ0n) is 18.2. The first-order chi connectivity index (χ1) is 15.5. The second-order valence-electron chi connectivity index (χ2n) is 8.48. The summed E-state index contributed by atoms with van der Waals surface area (Å²) in [6, 6.07) is 16.2. The van der Waals surface area contributed by atoms with E-state index in [9.17, 15) is 9.59 Å². The largest absolute Gasteiger partial charge is 0.348 e. The van der Waals surface area contributed by atoms with E-state index in [1.807, 2.05) is 55.6 Å². The van der Waals surface area contributed by atoms with Crippen LogP contribution in [-0.4, -0.2) is 24.1 Å². The van der Waals surface area contributed by atoms with Gasteiger partial charge in [0, 0.05) is 4.88 Å². The number of hydrogen-bond donors (Lipinski definition) is 1. The quantitative estimate of drug-likeness (QED) is 0.615. The summed E-state index contributed by atoms with van der Waals surface area (Å²) in [5.41, 5.74) is 6.84. The molecule has 0 fully saturated rings. The molecule has 5 nitrogen and oxygen atoms in total. The molecule has 1 aliphatic heterocycles. The molecule has 1 aromatic heterocycles. The Balaban J connectivity index is 1.43. The third kappa shape index (κ3) is 3.86. The molecule has 1 aliphatic carbocycles. The summed E-state index contributed by atoms with van der Waals surface area (Å²) >= 11 is 1.57. The van der Waals surface area contributed by atoms with Crippen molar-refractivity contribution in [1.29, 1.82) is 0 Å². The first kappa shape index (κ1) is 20.6. The molecule has 0 saturated carbocycles. The van der Waals surface area contributed by atoms with Gasteiger partial charge in [-0.15, -0.1) is 11.3 Å². The van der Waals surface area contributed by atoms with Gasteiger partial charge in [0.05, 0.1) is 29.5 Å². The molecule has 5 rings (SSSR count). The smallest absolute Gasteiger partial charge is 0.240 e. The number of nitrogens with zero attached hydrogens (tertiary/aromatic N) is 2. The minimum atomic E-state index is -0.149. The number of nitrogens with one attached hydrogen (secondary N) is 1. The number of carbonyl (C=O) groups excluding carboxylic acids is 2. The number of hydrogen-bond acceptors (Lipinski definition) is 4. The van der Waals surface area contributed by atoms with Gasteiger partial charge in [0.15, 0.2) is 0 Å². The second kappa shape index (κ2) is 8.36. The molecule has 0 spiro atoms. The lowest BCUT2D eigenvalue weighted by atomic mass is 10.1. The van der Waals surface area contributed by atoms with Gasteiger partial charge in [-0.25, -0.2) is 4.99 Å². The summed E-state index contributed by atoms with van der Waals surface area (Å²) in [6.45, 7) is 4.04. The molecular weight excluding hydrogens is 418 g/mol. The summed E-state index contributed by atoms with van der Waals surface area (Å²) in [6.07, 6.45) is 2.02. The highest BCUT2D eigenvalue weighted by Crippen LogP contribution is 2.36. The number of amides is 2. The third-order valence-corrected chi connectivity index (χ3v) is 7.25. The highest BCUT2D eigenvalue weighted by Gasteiger charge is 2.29. The van der Waals surface area contributed by atoms with Gasteiger partial charge in [-0.3, -0.25) is 9.59 Å². The van der Waals surface area contributed by atoms with E-state index in [2.05, 4.69) is 17.4 Å². The zero-order valence-corrected chi connectivity index (χ0v) is 19.0. The molecule has 162 valence electrons. The van der Waals surface area contributed by atoms with Crippen LogP contribution in [0.15, 0.2) is 58.9 Å². The fourth-order valence-corrected chi connectivity index (χ4v) is 5.21. The van der Waals surface area contributed by atoms with Crippen LogP contribution in [0.4, 0.5) is 11.4 Å². The average Bonchev–Trinajstić information content (AvgIpc) is 3.42. The molecule has 3 aromatic rings. The fourth-order valence-electron chi connectivity index (χ4n) is 4.50. The van der Waals surface area contributed by atoms with Crippen molar-refractivity contribution in [2.24, 2.45) is 4.99 Å². The average molecular weight is 444 g/mol. The van der Waals surface area contributed by atoms with E-state index in [-0.39, 0.29) is 30.8 Å². The van der Waals surface area contributed by atoms with Crippen molar-refractivity contribution < 1.29 is 9.59 Å². The molecular formula is C26H25N3O2S. The standard InChI is InChI=1S/C26H25N3O2S/c1-16-12-21-23(13-17(16)2)29(26(31)14-22(27-21)24-8-5-11-32-24)15-25(30)28-20-10-9-18-6-3-4-7-19(18)20/h3-8,11-13,20H,9-10,14-15H2,1-2H3,(H,28,30)/t20-/m1/s1. The van der Waals surface area contributed by atoms with Gasteiger partial charge >= 0.3 is 0 Å². The lowest BCUT2D eigenvalue weighted by molar-refractivity contribution is -0.123. The van der Waals surface area contributed by atoms with Gasteiger partial charge in [0.25, 0.3) is 0 Å². The Hall–Kier alpha value is -3.25. The number of aliphatic imine (C=N–C) groups is 1. The van der Waals surface area contributed by atoms with Crippen LogP contribution < -0.4 is 10.2 Å². The van der Waals surface area contributed by atoms with Crippen LogP contribution in [0, 0.1) is 13.8 Å². The normalized spacial score (nSPS) is 17.4. The summed E-state index contributed by atoms with van der Waals surface area (Å²) in [4.78, 5) is 33.8. The summed E-state index contributed by atoms with van der Waals surface area (Å²) < 4.78 is 0. The van der Waals surface area contributed by atoms with Gasteiger partial charge in [-0.1, -0.05) is 30.3 Å². The van der Waals surface area contributed by atoms with Crippen LogP contribution in [0.2, 0.25) is 0 Å². The number of benzene rings is 2. The first-order valence-corrected chi connectivity index (χ1v) is 11.8. The van der Waals surface area contributed by atoms with Crippen molar-refractivity contribution in [2.75, 3.05) is 11.4 Å². The number of rotatable bonds is 4. The summed E-state index contributed by atoms with van der Waals surface area (Å²) in [5.74, 6) is -0.259. The van der Waals surface area contributed by atoms with Crippen LogP contribution in [0.1, 0.15) is 46.0 Å². The Bertz CT molecular complexity index is 1230. The van der Waals surface area contributed by atoms with Crippen LogP contribution in [0.5, 0.6) is 0 Å². The molecule has 2 aliphatic rings. The second-order valence-corrected chi connectivity index (χ2v) is 9.42. The Labute approximate surface area is 191 Å². The molecule has 6 heteroatoms. The molecule has 32 heavy (non-hydrogen) atoms. The molecule has 2 amide bonds. The van der Waals surface area contributed by atoms with Crippen LogP contribution in [-0.2, 0) is 16.0 Å². The van der Waals surface area contributed by atoms with Crippen molar-refractivity contribution in [3.63, 3.8) is 0 Å². The predicted octanol–water partition coefficient (Wildman–Crippen LogP) is 5.03. The van der Waals surface area contributed by atoms with E-state index in [0.717, 1.165) is 40.2 Å². The molecule has 0 radical (unpaired) electrons. The summed E-state index contributed by atoms with van der Waals surface area (Å²) in [5, 5.41) is 5.14. The Morgan fingerprint density at radius 1 is 1.16 bits per heavy atom. The monoisotopic (exact) mass is 443 g/mol. The van der Waals surface area contributed by atoms with Crippen molar-refractivity contribution in [1.82, 2.24) is 5.32 Å². The van der Waals surface area contributed by atoms with E-state index >= 15 is 0 Å². The molecule has 2 aromatic carbocycles. The van der Waals surface area contributed by atoms with Gasteiger partial charge in [-0.2, -0.15) is 0 Å². The number of carbonyl (C=O) groups is 2. The Morgan fingerprint density at radius 3 is 2.78 bits per heavy atom. The maximum absolute atomic E-state index is 13.3. The fraction of sp³-hybridized carbons (Fsp3) is 0.269. The predicted molar refractivity (Wildman–Crippen MR) is 129 cm³/mol. The minimum absolute atomic E-state index is 0.00191. The van der Waals surface area contributed by atoms with Gasteiger partial charge in [-0.05, 0) is 72.5 Å². The van der Waals surface area contributed by atoms with E-state index in [1.165, 1.54) is 11.1 Å². The lowest BCUT2D eigenvalue weighted by Gasteiger charge is -2.24. The number of thiophene rings is 1. The van der Waals surface area contributed by atoms with Gasteiger partial charge in [0.2, 0.25) is 11.8 Å². The molecule has 1 N–H and O–H groups in total. The zero-order chi connectivity index (χ0) is 22.2. The molecule has 2 heterocycles. The maximum Gasteiger partial charge on any atom is 0.240 e. The van der Waals surface area contributed by atoms with E-state index in [4.69, 9.17) is 4.99 Å². The number of anilines is 1. The van der Waals surface area contributed by atoms with Crippen LogP contribution >= 0.6 is 11.3 Å². The molecule has 0 saturated heterocycles. The van der Waals surface area contributed by atoms with Crippen molar-refractivity contribution in [2.45, 2.75) is 39.2 Å². The van der Waals surface area contributed by atoms with E-state index in [0.29, 0.717) is 5.69 Å². The number of fused-ring (bicyclic) bond motifs is 2. The van der Waals surface area contributed by atoms with Crippen molar-refractivity contribution in [3.05, 3.63) is 81.0 Å². The van der Waals surface area contributed by atoms with Crippen molar-refractivity contribution >= 4 is 40.2 Å². The molecule has 0 bridgehead atoms. The minimum Gasteiger partial charge on any atom is -0.348 e. The van der Waals surface area contributed by atoms with Gasteiger partial charge < -0.3 is 10.2 Å². The summed E-state index contributed by atoms with van der Waals surface area (Å²) in [7, 11) is 0. The Kier molecular flexibility index (Phi) is 5.39. The van der Waals surface area contributed by atoms with Crippen molar-refractivity contribution in [3.8, 4) is 0 Å². The number of aryl methyl sites for hydroxylation is 3. The highest BCUT2D eigenvalue weighted by molar-refractivity contribution is 7.12. The molecule has 1 atom stereocenters. The lowest BCUT2D eigenvalue weighted by Crippen LogP contribution is -2.42. The van der Waals surface area contributed by atoms with E-state index in [1.54, 1.807) is 16.2 Å². The third-order valence-electron chi connectivity index (χ3n) is 6.33. The van der Waals surface area contributed by atoms with Crippen LogP contribution in [0.3, 0.4) is 0 Å². The first-order valence-electron chi connectivity index (χ1n) is 10.9. The highest BCUT2D eigenvalue weighted by atomic mass is 32.1.